The van der Waals surface area contributed by atoms with Gasteiger partial charge in [0.05, 0.1) is 10.7 Å². The van der Waals surface area contributed by atoms with E-state index in [0.717, 1.165) is 36.4 Å². The molecule has 5 nitrogen and oxygen atoms in total. The van der Waals surface area contributed by atoms with E-state index in [1.54, 1.807) is 11.8 Å². The molecule has 2 N–H and O–H groups in total. The summed E-state index contributed by atoms with van der Waals surface area (Å²) < 4.78 is 1.83. The summed E-state index contributed by atoms with van der Waals surface area (Å²) >= 11 is 1.60. The van der Waals surface area contributed by atoms with Crippen molar-refractivity contribution in [2.45, 2.75) is 49.2 Å². The maximum atomic E-state index is 11.9. The van der Waals surface area contributed by atoms with Gasteiger partial charge in [0.25, 0.3) is 0 Å². The fourth-order valence-corrected chi connectivity index (χ4v) is 3.95. The van der Waals surface area contributed by atoms with Gasteiger partial charge in [-0.1, -0.05) is 0 Å². The molecule has 2 aliphatic carbocycles. The van der Waals surface area contributed by atoms with E-state index in [2.05, 4.69) is 10.4 Å². The fraction of sp³-hybridized carbons (Fsp3) is 0.714. The second kappa shape index (κ2) is 5.07. The summed E-state index contributed by atoms with van der Waals surface area (Å²) in [4.78, 5) is 11.9. The summed E-state index contributed by atoms with van der Waals surface area (Å²) in [6.07, 6.45) is 4.27. The number of thioether (sulfide) groups is 1. The third-order valence-corrected chi connectivity index (χ3v) is 5.38. The van der Waals surface area contributed by atoms with Crippen LogP contribution >= 0.6 is 11.8 Å². The van der Waals surface area contributed by atoms with E-state index in [1.165, 1.54) is 0 Å². The molecule has 1 atom stereocenters. The van der Waals surface area contributed by atoms with E-state index in [1.807, 2.05) is 24.7 Å². The van der Waals surface area contributed by atoms with Gasteiger partial charge < -0.3 is 5.11 Å². The van der Waals surface area contributed by atoms with Crippen LogP contribution in [0.15, 0.2) is 11.1 Å². The summed E-state index contributed by atoms with van der Waals surface area (Å²) in [5, 5.41) is 18.5. The average molecular weight is 295 g/mol. The van der Waals surface area contributed by atoms with E-state index < -0.39 is 11.5 Å². The van der Waals surface area contributed by atoms with Gasteiger partial charge >= 0.3 is 5.97 Å². The van der Waals surface area contributed by atoms with Crippen molar-refractivity contribution in [2.24, 2.45) is 13.0 Å². The van der Waals surface area contributed by atoms with Crippen molar-refractivity contribution in [1.82, 2.24) is 15.1 Å². The Morgan fingerprint density at radius 3 is 2.70 bits per heavy atom. The molecule has 3 rings (SSSR count). The van der Waals surface area contributed by atoms with E-state index in [9.17, 15) is 9.90 Å². The lowest BCUT2D eigenvalue weighted by Crippen LogP contribution is -2.57. The van der Waals surface area contributed by atoms with Gasteiger partial charge in [0.15, 0.2) is 0 Å². The molecule has 0 amide bonds. The zero-order valence-electron chi connectivity index (χ0n) is 11.9. The van der Waals surface area contributed by atoms with Gasteiger partial charge in [-0.3, -0.25) is 14.8 Å². The fourth-order valence-electron chi connectivity index (χ4n) is 2.65. The summed E-state index contributed by atoms with van der Waals surface area (Å²) in [5.41, 5.74) is 0.210. The van der Waals surface area contributed by atoms with Crippen molar-refractivity contribution in [3.63, 3.8) is 0 Å². The smallest absolute Gasteiger partial charge is 0.325 e. The largest absolute Gasteiger partial charge is 0.480 e. The minimum Gasteiger partial charge on any atom is -0.480 e. The van der Waals surface area contributed by atoms with Crippen molar-refractivity contribution < 1.29 is 9.90 Å². The first-order valence-electron chi connectivity index (χ1n) is 7.16. The highest BCUT2D eigenvalue weighted by atomic mass is 32.2. The molecule has 20 heavy (non-hydrogen) atoms. The number of nitrogens with one attached hydrogen (secondary N) is 1. The molecular weight excluding hydrogens is 274 g/mol. The van der Waals surface area contributed by atoms with Crippen molar-refractivity contribution in [3.05, 3.63) is 11.8 Å². The predicted molar refractivity (Wildman–Crippen MR) is 77.9 cm³/mol. The summed E-state index contributed by atoms with van der Waals surface area (Å²) in [5.74, 6) is 0.156. The average Bonchev–Trinajstić information content (AvgIpc) is 3.24. The standard InChI is InChI=1S/C14H21N3O2S/c1-9-7-12(17(2)16-9)20-8-14(13(18)19,10-3-4-10)15-11-5-6-11/h7,10-11,15H,3-6,8H2,1-2H3,(H,18,19). The molecule has 2 fully saturated rings. The topological polar surface area (TPSA) is 67.2 Å². The lowest BCUT2D eigenvalue weighted by Gasteiger charge is -2.30. The number of carboxylic acids is 1. The zero-order valence-corrected chi connectivity index (χ0v) is 12.7. The molecule has 0 aliphatic heterocycles. The molecule has 0 aromatic carbocycles. The van der Waals surface area contributed by atoms with Crippen LogP contribution in [0.5, 0.6) is 0 Å². The first-order chi connectivity index (χ1) is 9.51. The number of aliphatic carboxylic acids is 1. The van der Waals surface area contributed by atoms with Crippen molar-refractivity contribution in [2.75, 3.05) is 5.75 Å². The SMILES string of the molecule is Cc1cc(SCC(NC2CC2)(C(=O)O)C2CC2)n(C)n1. The van der Waals surface area contributed by atoms with E-state index in [-0.39, 0.29) is 5.92 Å². The molecule has 0 saturated heterocycles. The van der Waals surface area contributed by atoms with Crippen LogP contribution in [0.2, 0.25) is 0 Å². The van der Waals surface area contributed by atoms with Crippen LogP contribution in [0.3, 0.4) is 0 Å². The molecule has 2 saturated carbocycles. The number of carboxylic acid groups (broad SMARTS) is 1. The number of aromatic nitrogens is 2. The van der Waals surface area contributed by atoms with Crippen LogP contribution in [0.25, 0.3) is 0 Å². The number of nitrogens with zero attached hydrogens (tertiary/aromatic N) is 2. The van der Waals surface area contributed by atoms with Gasteiger partial charge in [-0.05, 0) is 44.6 Å². The molecular formula is C14H21N3O2S. The van der Waals surface area contributed by atoms with Crippen LogP contribution in [0, 0.1) is 12.8 Å². The number of hydrogen-bond donors (Lipinski definition) is 2. The van der Waals surface area contributed by atoms with E-state index >= 15 is 0 Å². The van der Waals surface area contributed by atoms with Crippen LogP contribution < -0.4 is 5.32 Å². The van der Waals surface area contributed by atoms with Gasteiger partial charge in [0.2, 0.25) is 0 Å². The Labute approximate surface area is 123 Å². The molecule has 2 aliphatic rings. The first-order valence-corrected chi connectivity index (χ1v) is 8.14. The second-order valence-corrected chi connectivity index (χ2v) is 7.00. The summed E-state index contributed by atoms with van der Waals surface area (Å²) in [7, 11) is 1.91. The van der Waals surface area contributed by atoms with Gasteiger partial charge in [0.1, 0.15) is 5.54 Å². The van der Waals surface area contributed by atoms with Gasteiger partial charge in [-0.25, -0.2) is 0 Å². The highest BCUT2D eigenvalue weighted by Crippen LogP contribution is 2.44. The number of carbonyl (C=O) groups is 1. The number of rotatable bonds is 7. The Morgan fingerprint density at radius 2 is 2.25 bits per heavy atom. The Hall–Kier alpha value is -1.01. The van der Waals surface area contributed by atoms with E-state index in [0.29, 0.717) is 11.8 Å². The lowest BCUT2D eigenvalue weighted by atomic mass is 9.95. The molecule has 1 aromatic heterocycles. The van der Waals surface area contributed by atoms with Crippen molar-refractivity contribution in [3.8, 4) is 0 Å². The van der Waals surface area contributed by atoms with E-state index in [4.69, 9.17) is 0 Å². The van der Waals surface area contributed by atoms with Crippen LogP contribution in [0.4, 0.5) is 0 Å². The molecule has 1 unspecified atom stereocenters. The lowest BCUT2D eigenvalue weighted by molar-refractivity contribution is -0.145. The normalized spacial score (nSPS) is 21.7. The van der Waals surface area contributed by atoms with Crippen molar-refractivity contribution >= 4 is 17.7 Å². The Kier molecular flexibility index (Phi) is 3.54. The first kappa shape index (κ1) is 13.9. The zero-order chi connectivity index (χ0) is 14.3. The minimum atomic E-state index is -0.760. The molecule has 6 heteroatoms. The predicted octanol–water partition coefficient (Wildman–Crippen LogP) is 1.81. The Bertz CT molecular complexity index is 522. The second-order valence-electron chi connectivity index (χ2n) is 6.01. The maximum Gasteiger partial charge on any atom is 0.325 e. The molecule has 0 spiro atoms. The Balaban J connectivity index is 1.75. The highest BCUT2D eigenvalue weighted by molar-refractivity contribution is 7.99. The Morgan fingerprint density at radius 1 is 1.55 bits per heavy atom. The summed E-state index contributed by atoms with van der Waals surface area (Å²) in [6.45, 7) is 1.96. The maximum absolute atomic E-state index is 11.9. The van der Waals surface area contributed by atoms with Crippen molar-refractivity contribution in [1.29, 1.82) is 0 Å². The third kappa shape index (κ3) is 2.72. The summed E-state index contributed by atoms with van der Waals surface area (Å²) in [6, 6.07) is 2.42. The molecule has 0 bridgehead atoms. The molecule has 0 radical (unpaired) electrons. The van der Waals surface area contributed by atoms with Gasteiger partial charge in [-0.2, -0.15) is 5.10 Å². The highest BCUT2D eigenvalue weighted by Gasteiger charge is 2.53. The van der Waals surface area contributed by atoms with Gasteiger partial charge in [-0.15, -0.1) is 11.8 Å². The molecule has 110 valence electrons. The minimum absolute atomic E-state index is 0.280. The van der Waals surface area contributed by atoms with Crippen LogP contribution in [0.1, 0.15) is 31.4 Å². The number of hydrogen-bond acceptors (Lipinski definition) is 4. The monoisotopic (exact) mass is 295 g/mol. The molecule has 1 aromatic rings. The quantitative estimate of drug-likeness (QED) is 0.751. The van der Waals surface area contributed by atoms with Gasteiger partial charge in [0, 0.05) is 18.8 Å². The van der Waals surface area contributed by atoms with Crippen LogP contribution in [-0.4, -0.2) is 38.2 Å². The molecule has 1 heterocycles. The number of aryl methyl sites for hydroxylation is 2. The van der Waals surface area contributed by atoms with Crippen LogP contribution in [-0.2, 0) is 11.8 Å². The third-order valence-electron chi connectivity index (χ3n) is 4.10.